The molecule has 1 aromatic heterocycles. The highest BCUT2D eigenvalue weighted by atomic mass is 16.3. The summed E-state index contributed by atoms with van der Waals surface area (Å²) < 4.78 is 6.91. The lowest BCUT2D eigenvalue weighted by Gasteiger charge is -2.29. The van der Waals surface area contributed by atoms with Gasteiger partial charge in [0.2, 0.25) is 0 Å². The van der Waals surface area contributed by atoms with E-state index >= 15 is 0 Å². The van der Waals surface area contributed by atoms with Crippen molar-refractivity contribution in [2.45, 2.75) is 0 Å². The van der Waals surface area contributed by atoms with Crippen molar-refractivity contribution in [3.8, 4) is 44.5 Å². The van der Waals surface area contributed by atoms with Gasteiger partial charge in [-0.05, 0) is 103 Å². The molecule has 272 valence electrons. The van der Waals surface area contributed by atoms with E-state index in [2.05, 4.69) is 229 Å². The molecular formula is C56H37NO. The number of fused-ring (bicyclic) bond motifs is 5. The first-order valence-electron chi connectivity index (χ1n) is 19.8. The van der Waals surface area contributed by atoms with E-state index in [0.717, 1.165) is 66.8 Å². The highest BCUT2D eigenvalue weighted by Gasteiger charge is 2.24. The van der Waals surface area contributed by atoms with Crippen LogP contribution in [0, 0.1) is 0 Å². The van der Waals surface area contributed by atoms with Crippen LogP contribution >= 0.6 is 0 Å². The van der Waals surface area contributed by atoms with Gasteiger partial charge in [0.1, 0.15) is 11.2 Å². The molecule has 0 bridgehead atoms. The van der Waals surface area contributed by atoms with Gasteiger partial charge in [-0.3, -0.25) is 0 Å². The molecule has 0 spiro atoms. The van der Waals surface area contributed by atoms with Crippen molar-refractivity contribution in [3.63, 3.8) is 0 Å². The third kappa shape index (κ3) is 5.82. The minimum atomic E-state index is 0.861. The quantitative estimate of drug-likeness (QED) is 0.162. The van der Waals surface area contributed by atoms with E-state index in [1.807, 2.05) is 0 Å². The number of rotatable bonds is 7. The van der Waals surface area contributed by atoms with Crippen molar-refractivity contribution in [2.75, 3.05) is 4.90 Å². The van der Waals surface area contributed by atoms with Gasteiger partial charge < -0.3 is 9.32 Å². The topological polar surface area (TPSA) is 16.4 Å². The maximum Gasteiger partial charge on any atom is 0.145 e. The van der Waals surface area contributed by atoms with E-state index in [1.54, 1.807) is 0 Å². The number of anilines is 3. The molecule has 0 fully saturated rings. The van der Waals surface area contributed by atoms with Gasteiger partial charge in [0.05, 0.1) is 16.8 Å². The second-order valence-electron chi connectivity index (χ2n) is 14.9. The van der Waals surface area contributed by atoms with Crippen LogP contribution in [0.15, 0.2) is 229 Å². The Morgan fingerprint density at radius 2 is 0.862 bits per heavy atom. The Kier molecular flexibility index (Phi) is 8.19. The van der Waals surface area contributed by atoms with E-state index < -0.39 is 0 Å². The average Bonchev–Trinajstić information content (AvgIpc) is 3.69. The molecule has 0 N–H and O–H groups in total. The fourth-order valence-corrected chi connectivity index (χ4v) is 8.68. The molecule has 0 aliphatic rings. The van der Waals surface area contributed by atoms with Gasteiger partial charge in [0.25, 0.3) is 0 Å². The number of hydrogen-bond acceptors (Lipinski definition) is 2. The highest BCUT2D eigenvalue weighted by Crippen LogP contribution is 2.49. The van der Waals surface area contributed by atoms with Crippen LogP contribution in [-0.2, 0) is 0 Å². The number of furan rings is 1. The Labute approximate surface area is 337 Å². The Morgan fingerprint density at radius 1 is 0.310 bits per heavy atom. The number of hydrogen-bond donors (Lipinski definition) is 0. The van der Waals surface area contributed by atoms with Gasteiger partial charge in [-0.25, -0.2) is 0 Å². The molecule has 1 heterocycles. The predicted octanol–water partition coefficient (Wildman–Crippen LogP) is 16.0. The normalized spacial score (nSPS) is 11.4. The molecule has 0 amide bonds. The summed E-state index contributed by atoms with van der Waals surface area (Å²) in [5, 5.41) is 7.00. The second-order valence-corrected chi connectivity index (χ2v) is 14.9. The number of benzene rings is 10. The van der Waals surface area contributed by atoms with Crippen LogP contribution in [0.2, 0.25) is 0 Å². The lowest BCUT2D eigenvalue weighted by molar-refractivity contribution is 0.670. The Balaban J connectivity index is 1.18. The van der Waals surface area contributed by atoms with Gasteiger partial charge in [-0.15, -0.1) is 0 Å². The first kappa shape index (κ1) is 33.6. The summed E-state index contributed by atoms with van der Waals surface area (Å²) in [7, 11) is 0. The van der Waals surface area contributed by atoms with Crippen molar-refractivity contribution < 1.29 is 4.42 Å². The molecule has 11 rings (SSSR count). The smallest absolute Gasteiger partial charge is 0.145 e. The summed E-state index contributed by atoms with van der Waals surface area (Å²) in [6.07, 6.45) is 0. The van der Waals surface area contributed by atoms with Crippen molar-refractivity contribution in [1.29, 1.82) is 0 Å². The number of para-hydroxylation sites is 2. The minimum absolute atomic E-state index is 0.861. The molecule has 58 heavy (non-hydrogen) atoms. The standard InChI is InChI=1S/C56H37NO/c1-2-17-40(18-3-1)47-23-8-9-24-48(47)43-21-14-22-46(37-43)57(52-27-12-10-25-49(52)44-31-29-38-15-4-6-19-41(38)35-44)53-34-33-50(45-32-30-39-16-5-7-20-42(39)36-45)56-55(53)51-26-11-13-28-54(51)58-56/h1-37H. The van der Waals surface area contributed by atoms with E-state index in [4.69, 9.17) is 4.42 Å². The van der Waals surface area contributed by atoms with Gasteiger partial charge in [-0.1, -0.05) is 176 Å². The monoisotopic (exact) mass is 739 g/mol. The summed E-state index contributed by atoms with van der Waals surface area (Å²) >= 11 is 0. The molecule has 11 aromatic rings. The largest absolute Gasteiger partial charge is 0.455 e. The zero-order valence-corrected chi connectivity index (χ0v) is 31.7. The molecule has 0 unspecified atom stereocenters. The maximum atomic E-state index is 6.91. The molecule has 0 saturated heterocycles. The van der Waals surface area contributed by atoms with Crippen LogP contribution in [0.5, 0.6) is 0 Å². The molecule has 0 atom stereocenters. The molecule has 0 aliphatic heterocycles. The molecule has 2 heteroatoms. The van der Waals surface area contributed by atoms with Crippen LogP contribution in [0.1, 0.15) is 0 Å². The van der Waals surface area contributed by atoms with Crippen LogP contribution in [-0.4, -0.2) is 0 Å². The summed E-state index contributed by atoms with van der Waals surface area (Å²) in [5.74, 6) is 0. The Hall–Kier alpha value is -7.68. The first-order valence-corrected chi connectivity index (χ1v) is 19.8. The summed E-state index contributed by atoms with van der Waals surface area (Å²) in [6, 6.07) is 80.7. The lowest BCUT2D eigenvalue weighted by atomic mass is 9.93. The fourth-order valence-electron chi connectivity index (χ4n) is 8.68. The van der Waals surface area contributed by atoms with Crippen molar-refractivity contribution in [2.24, 2.45) is 0 Å². The third-order valence-corrected chi connectivity index (χ3v) is 11.4. The minimum Gasteiger partial charge on any atom is -0.455 e. The van der Waals surface area contributed by atoms with E-state index in [9.17, 15) is 0 Å². The first-order chi connectivity index (χ1) is 28.8. The molecule has 0 aliphatic carbocycles. The average molecular weight is 740 g/mol. The Bertz CT molecular complexity index is 3300. The van der Waals surface area contributed by atoms with E-state index in [1.165, 1.54) is 38.2 Å². The zero-order valence-electron chi connectivity index (χ0n) is 31.7. The number of nitrogens with zero attached hydrogens (tertiary/aromatic N) is 1. The van der Waals surface area contributed by atoms with Crippen molar-refractivity contribution >= 4 is 60.5 Å². The molecule has 0 saturated carbocycles. The van der Waals surface area contributed by atoms with Gasteiger partial charge >= 0.3 is 0 Å². The van der Waals surface area contributed by atoms with Crippen molar-refractivity contribution in [3.05, 3.63) is 224 Å². The molecule has 2 nitrogen and oxygen atoms in total. The van der Waals surface area contributed by atoms with Gasteiger partial charge in [0.15, 0.2) is 0 Å². The van der Waals surface area contributed by atoms with Crippen LogP contribution in [0.25, 0.3) is 88.0 Å². The third-order valence-electron chi connectivity index (χ3n) is 11.4. The summed E-state index contributed by atoms with van der Waals surface area (Å²) in [6.45, 7) is 0. The van der Waals surface area contributed by atoms with E-state index in [-0.39, 0.29) is 0 Å². The van der Waals surface area contributed by atoms with Crippen LogP contribution < -0.4 is 4.90 Å². The molecule has 10 aromatic carbocycles. The highest BCUT2D eigenvalue weighted by molar-refractivity contribution is 6.18. The summed E-state index contributed by atoms with van der Waals surface area (Å²) in [4.78, 5) is 2.44. The zero-order chi connectivity index (χ0) is 38.4. The van der Waals surface area contributed by atoms with Crippen LogP contribution in [0.3, 0.4) is 0 Å². The SMILES string of the molecule is c1ccc(-c2ccccc2-c2cccc(N(c3ccccc3-c3ccc4ccccc4c3)c3ccc(-c4ccc5ccccc5c4)c4oc5ccccc5c34)c2)cc1. The maximum absolute atomic E-state index is 6.91. The van der Waals surface area contributed by atoms with Gasteiger partial charge in [-0.2, -0.15) is 0 Å². The van der Waals surface area contributed by atoms with Crippen LogP contribution in [0.4, 0.5) is 17.1 Å². The Morgan fingerprint density at radius 3 is 1.60 bits per heavy atom. The second kappa shape index (κ2) is 14.1. The fraction of sp³-hybridized carbons (Fsp3) is 0. The summed E-state index contributed by atoms with van der Waals surface area (Å²) in [5.41, 5.74) is 14.1. The lowest BCUT2D eigenvalue weighted by Crippen LogP contribution is -2.12. The molecular weight excluding hydrogens is 703 g/mol. The van der Waals surface area contributed by atoms with Gasteiger partial charge in [0, 0.05) is 22.2 Å². The predicted molar refractivity (Wildman–Crippen MR) is 245 cm³/mol. The van der Waals surface area contributed by atoms with Crippen molar-refractivity contribution in [1.82, 2.24) is 0 Å². The van der Waals surface area contributed by atoms with E-state index in [0.29, 0.717) is 0 Å². The molecule has 0 radical (unpaired) electrons.